The topological polar surface area (TPSA) is 33.5 Å². The van der Waals surface area contributed by atoms with E-state index in [-0.39, 0.29) is 21.7 Å². The van der Waals surface area contributed by atoms with Crippen LogP contribution in [0.2, 0.25) is 0 Å². The van der Waals surface area contributed by atoms with Gasteiger partial charge in [-0.15, -0.1) is 0 Å². The second-order valence-electron chi connectivity index (χ2n) is 21.9. The zero-order valence-electron chi connectivity index (χ0n) is 41.9. The van der Waals surface area contributed by atoms with E-state index in [4.69, 9.17) is 9.72 Å². The Labute approximate surface area is 409 Å². The van der Waals surface area contributed by atoms with Gasteiger partial charge < -0.3 is 14.5 Å². The summed E-state index contributed by atoms with van der Waals surface area (Å²) < 4.78 is 9.41. The Balaban J connectivity index is 1.07. The first-order valence-electron chi connectivity index (χ1n) is 24.4. The lowest BCUT2D eigenvalue weighted by Gasteiger charge is -2.34. The number of ether oxygens (including phenoxy) is 1. The molecule has 0 aliphatic carbocycles. The first-order chi connectivity index (χ1) is 33.0. The van der Waals surface area contributed by atoms with Gasteiger partial charge in [-0.25, -0.2) is 4.98 Å². The Kier molecular flexibility index (Phi) is 11.4. The first-order valence-corrected chi connectivity index (χ1v) is 24.4. The lowest BCUT2D eigenvalue weighted by atomic mass is 9.78. The maximum Gasteiger partial charge on any atom is 0.137 e. The van der Waals surface area contributed by atoms with Gasteiger partial charge in [0.15, 0.2) is 0 Å². The van der Waals surface area contributed by atoms with Crippen LogP contribution in [-0.4, -0.2) is 16.2 Å². The van der Waals surface area contributed by atoms with Crippen molar-refractivity contribution < 1.29 is 4.74 Å². The summed E-state index contributed by atoms with van der Waals surface area (Å²) in [7, 11) is 0. The average Bonchev–Trinajstić information content (AvgIpc) is 3.95. The van der Waals surface area contributed by atoms with Crippen molar-refractivity contribution in [3.63, 3.8) is 0 Å². The normalized spacial score (nSPS) is 13.6. The van der Waals surface area contributed by atoms with Crippen molar-refractivity contribution >= 4 is 33.2 Å². The molecule has 3 heterocycles. The summed E-state index contributed by atoms with van der Waals surface area (Å²) >= 11 is 0. The molecular weight excluding hydrogens is 841 g/mol. The van der Waals surface area contributed by atoms with Crippen LogP contribution in [0, 0.1) is 0 Å². The summed E-state index contributed by atoms with van der Waals surface area (Å²) in [6, 6.07) is 65.6. The van der Waals surface area contributed by atoms with E-state index >= 15 is 0 Å². The highest BCUT2D eigenvalue weighted by Gasteiger charge is 2.36. The van der Waals surface area contributed by atoms with Crippen LogP contribution in [0.15, 0.2) is 200 Å². The molecule has 0 fully saturated rings. The molecule has 7 aromatic carbocycles. The second kappa shape index (κ2) is 17.3. The molecule has 10 rings (SSSR count). The van der Waals surface area contributed by atoms with Gasteiger partial charge in [0.2, 0.25) is 0 Å². The summed E-state index contributed by atoms with van der Waals surface area (Å²) in [5.41, 5.74) is 13.5. The molecule has 0 saturated heterocycles. The van der Waals surface area contributed by atoms with Crippen molar-refractivity contribution in [2.75, 3.05) is 16.5 Å². The Hall–Kier alpha value is -7.37. The molecule has 0 saturated carbocycles. The van der Waals surface area contributed by atoms with E-state index in [2.05, 4.69) is 272 Å². The molecule has 9 aromatic rings. The summed E-state index contributed by atoms with van der Waals surface area (Å²) in [5, 5.41) is 2.41. The van der Waals surface area contributed by atoms with Crippen molar-refractivity contribution in [2.24, 2.45) is 0 Å². The third kappa shape index (κ3) is 8.60. The van der Waals surface area contributed by atoms with Gasteiger partial charge in [-0.1, -0.05) is 191 Å². The first kappa shape index (κ1) is 45.4. The molecule has 0 amide bonds. The SMILES string of the molecule is CC(C)(C)c1cc(-c2ccccc2)cc(N2C=C(C(C)(C)c3ccccc3)N(c3cccc(Oc4cc(C(C)(C)C)c5c6ccccc6n(-c6cc(C(C)(C)c7ccccc7)ccn6)c5c4)c3)C2)c1. The van der Waals surface area contributed by atoms with Gasteiger partial charge in [-0.2, -0.15) is 0 Å². The third-order valence-electron chi connectivity index (χ3n) is 14.3. The lowest BCUT2D eigenvalue weighted by Crippen LogP contribution is -2.34. The Bertz CT molecular complexity index is 3350. The van der Waals surface area contributed by atoms with Gasteiger partial charge in [0.1, 0.15) is 17.3 Å². The lowest BCUT2D eigenvalue weighted by molar-refractivity contribution is 0.479. The number of anilines is 2. The van der Waals surface area contributed by atoms with E-state index in [0.717, 1.165) is 34.0 Å². The monoisotopic (exact) mass is 905 g/mol. The molecule has 0 spiro atoms. The van der Waals surface area contributed by atoms with Crippen LogP contribution in [-0.2, 0) is 21.7 Å². The van der Waals surface area contributed by atoms with Gasteiger partial charge >= 0.3 is 0 Å². The molecule has 0 N–H and O–H groups in total. The van der Waals surface area contributed by atoms with Crippen molar-refractivity contribution in [3.8, 4) is 28.4 Å². The molecule has 0 radical (unpaired) electrons. The second-order valence-corrected chi connectivity index (χ2v) is 21.9. The quantitative estimate of drug-likeness (QED) is 0.137. The van der Waals surface area contributed by atoms with E-state index in [9.17, 15) is 0 Å². The summed E-state index contributed by atoms with van der Waals surface area (Å²) in [5.74, 6) is 2.44. The summed E-state index contributed by atoms with van der Waals surface area (Å²) in [4.78, 5) is 9.95. The number of aromatic nitrogens is 2. The molecule has 0 atom stereocenters. The minimum Gasteiger partial charge on any atom is -0.457 e. The average molecular weight is 905 g/mol. The zero-order chi connectivity index (χ0) is 48.3. The van der Waals surface area contributed by atoms with Gasteiger partial charge in [0.05, 0.1) is 17.7 Å². The van der Waals surface area contributed by atoms with Gasteiger partial charge in [0, 0.05) is 63.2 Å². The number of hydrogen-bond acceptors (Lipinski definition) is 4. The molecule has 0 bridgehead atoms. The minimum atomic E-state index is -0.321. The zero-order valence-corrected chi connectivity index (χ0v) is 41.9. The molecule has 69 heavy (non-hydrogen) atoms. The van der Waals surface area contributed by atoms with Crippen LogP contribution >= 0.6 is 0 Å². The number of hydrogen-bond donors (Lipinski definition) is 0. The van der Waals surface area contributed by atoms with Crippen LogP contribution in [0.25, 0.3) is 38.8 Å². The van der Waals surface area contributed by atoms with E-state index < -0.39 is 0 Å². The van der Waals surface area contributed by atoms with Gasteiger partial charge in [-0.05, 0) is 98.3 Å². The highest BCUT2D eigenvalue weighted by molar-refractivity contribution is 6.11. The van der Waals surface area contributed by atoms with E-state index in [1.165, 1.54) is 61.1 Å². The molecule has 0 unspecified atom stereocenters. The number of para-hydroxylation sites is 1. The van der Waals surface area contributed by atoms with Crippen LogP contribution in [0.4, 0.5) is 11.4 Å². The molecule has 2 aromatic heterocycles. The van der Waals surface area contributed by atoms with Crippen LogP contribution in [0.5, 0.6) is 11.5 Å². The molecular formula is C64H64N4O. The van der Waals surface area contributed by atoms with Crippen LogP contribution in [0.1, 0.15) is 97.1 Å². The van der Waals surface area contributed by atoms with E-state index in [0.29, 0.717) is 6.67 Å². The molecule has 1 aliphatic rings. The van der Waals surface area contributed by atoms with Crippen molar-refractivity contribution in [1.29, 1.82) is 0 Å². The molecule has 5 heteroatoms. The fraction of sp³-hybridized carbons (Fsp3) is 0.234. The highest BCUT2D eigenvalue weighted by atomic mass is 16.5. The third-order valence-corrected chi connectivity index (χ3v) is 14.3. The number of fused-ring (bicyclic) bond motifs is 3. The number of benzene rings is 7. The minimum absolute atomic E-state index is 0.0372. The van der Waals surface area contributed by atoms with Gasteiger partial charge in [0.25, 0.3) is 0 Å². The fourth-order valence-electron chi connectivity index (χ4n) is 10.1. The molecule has 346 valence electrons. The molecule has 1 aliphatic heterocycles. The van der Waals surface area contributed by atoms with Crippen molar-refractivity contribution in [1.82, 2.24) is 9.55 Å². The maximum atomic E-state index is 7.09. The Morgan fingerprint density at radius 2 is 1.12 bits per heavy atom. The fourth-order valence-corrected chi connectivity index (χ4v) is 10.1. The summed E-state index contributed by atoms with van der Waals surface area (Å²) in [6.45, 7) is 23.7. The highest BCUT2D eigenvalue weighted by Crippen LogP contribution is 2.45. The standard InChI is InChI=1S/C64H64N4O/c1-61(2,3)49-35-45(44-23-14-11-15-24-44)36-51(37-49)66-42-58(64(9,10)47-27-18-13-19-28-47)67(43-66)50-29-22-30-52(39-50)69-53-40-55(62(4,5)6)60-54-31-20-21-32-56(54)68(57(60)41-53)59-38-48(33-34-65-59)63(7,8)46-25-16-12-17-26-46/h11-42H,43H2,1-10H3. The van der Waals surface area contributed by atoms with Crippen molar-refractivity contribution in [3.05, 3.63) is 228 Å². The van der Waals surface area contributed by atoms with Crippen LogP contribution in [0.3, 0.4) is 0 Å². The Morgan fingerprint density at radius 3 is 1.80 bits per heavy atom. The van der Waals surface area contributed by atoms with Crippen LogP contribution < -0.4 is 14.5 Å². The largest absolute Gasteiger partial charge is 0.457 e. The number of allylic oxidation sites excluding steroid dienone is 1. The van der Waals surface area contributed by atoms with Gasteiger partial charge in [-0.3, -0.25) is 4.57 Å². The predicted octanol–water partition coefficient (Wildman–Crippen LogP) is 16.7. The van der Waals surface area contributed by atoms with Crippen molar-refractivity contribution in [2.45, 2.75) is 90.9 Å². The number of nitrogens with zero attached hydrogens (tertiary/aromatic N) is 4. The predicted molar refractivity (Wildman–Crippen MR) is 290 cm³/mol. The van der Waals surface area contributed by atoms with E-state index in [1.54, 1.807) is 0 Å². The summed E-state index contributed by atoms with van der Waals surface area (Å²) in [6.07, 6.45) is 4.32. The Morgan fingerprint density at radius 1 is 0.464 bits per heavy atom. The molecule has 5 nitrogen and oxygen atoms in total. The smallest absolute Gasteiger partial charge is 0.137 e. The maximum absolute atomic E-state index is 7.09. The number of pyridine rings is 1. The van der Waals surface area contributed by atoms with E-state index in [1.807, 2.05) is 6.20 Å². The number of rotatable bonds is 10.